The normalized spacial score (nSPS) is 9.24. The summed E-state index contributed by atoms with van der Waals surface area (Å²) in [5, 5.41) is 0. The van der Waals surface area contributed by atoms with Crippen LogP contribution in [0.15, 0.2) is 24.3 Å². The highest BCUT2D eigenvalue weighted by atomic mass is 16.2. The number of nitrogens with zero attached hydrogens (tertiary/aromatic N) is 1. The first-order chi connectivity index (χ1) is 8.24. The van der Waals surface area contributed by atoms with Crippen LogP contribution in [0.5, 0.6) is 0 Å². The predicted molar refractivity (Wildman–Crippen MR) is 75.5 cm³/mol. The Morgan fingerprint density at radius 2 is 1.71 bits per heavy atom. The van der Waals surface area contributed by atoms with Crippen molar-refractivity contribution in [3.63, 3.8) is 0 Å². The van der Waals surface area contributed by atoms with E-state index in [0.717, 1.165) is 18.7 Å². The monoisotopic (exact) mass is 235 g/mol. The molecule has 0 aliphatic heterocycles. The zero-order valence-corrected chi connectivity index (χ0v) is 11.8. The number of carbonyl (C=O) groups is 1. The van der Waals surface area contributed by atoms with Crippen molar-refractivity contribution in [1.82, 2.24) is 0 Å². The number of anilines is 1. The second-order valence-electron chi connectivity index (χ2n) is 3.47. The fourth-order valence-electron chi connectivity index (χ4n) is 1.75. The van der Waals surface area contributed by atoms with Gasteiger partial charge in [0, 0.05) is 18.7 Å². The molecule has 1 rings (SSSR count). The number of amides is 1. The molecule has 0 N–H and O–H groups in total. The molecule has 0 aromatic heterocycles. The zero-order chi connectivity index (χ0) is 13.3. The van der Waals surface area contributed by atoms with Gasteiger partial charge in [0.2, 0.25) is 5.91 Å². The number of rotatable bonds is 4. The Hall–Kier alpha value is -1.31. The number of para-hydroxylation sites is 1. The van der Waals surface area contributed by atoms with Crippen molar-refractivity contribution < 1.29 is 4.79 Å². The number of benzene rings is 1. The third kappa shape index (κ3) is 4.22. The van der Waals surface area contributed by atoms with Gasteiger partial charge in [-0.05, 0) is 25.0 Å². The van der Waals surface area contributed by atoms with Crippen LogP contribution >= 0.6 is 0 Å². The van der Waals surface area contributed by atoms with Crippen molar-refractivity contribution in [3.05, 3.63) is 29.8 Å². The predicted octanol–water partition coefficient (Wildman–Crippen LogP) is 4.04. The van der Waals surface area contributed by atoms with E-state index >= 15 is 0 Å². The standard InChI is InChI=1S/C13H19NO.C2H6/c1-4-11-9-7-8-10-12(11)14(6-3)13(15)5-2;1-2/h7-10H,4-6H2,1-3H3;1-2H3. The first-order valence-corrected chi connectivity index (χ1v) is 6.62. The maximum absolute atomic E-state index is 11.7. The Labute approximate surface area is 106 Å². The Balaban J connectivity index is 0.00000121. The van der Waals surface area contributed by atoms with Gasteiger partial charge in [-0.2, -0.15) is 0 Å². The van der Waals surface area contributed by atoms with Gasteiger partial charge < -0.3 is 4.90 Å². The van der Waals surface area contributed by atoms with Gasteiger partial charge >= 0.3 is 0 Å². The Bertz CT molecular complexity index is 333. The first kappa shape index (κ1) is 15.7. The summed E-state index contributed by atoms with van der Waals surface area (Å²) in [6.07, 6.45) is 1.52. The minimum absolute atomic E-state index is 0.193. The molecule has 0 unspecified atom stereocenters. The van der Waals surface area contributed by atoms with Crippen LogP contribution in [0.1, 0.15) is 46.6 Å². The van der Waals surface area contributed by atoms with E-state index in [-0.39, 0.29) is 5.91 Å². The largest absolute Gasteiger partial charge is 0.312 e. The molecule has 2 nitrogen and oxygen atoms in total. The van der Waals surface area contributed by atoms with Gasteiger partial charge in [-0.25, -0.2) is 0 Å². The van der Waals surface area contributed by atoms with E-state index in [4.69, 9.17) is 0 Å². The Morgan fingerprint density at radius 3 is 2.18 bits per heavy atom. The van der Waals surface area contributed by atoms with Crippen molar-refractivity contribution >= 4 is 11.6 Å². The van der Waals surface area contributed by atoms with E-state index < -0.39 is 0 Å². The molecule has 0 saturated carbocycles. The molecule has 96 valence electrons. The summed E-state index contributed by atoms with van der Waals surface area (Å²) in [5.74, 6) is 0.193. The van der Waals surface area contributed by atoms with E-state index in [9.17, 15) is 4.79 Å². The van der Waals surface area contributed by atoms with Gasteiger partial charge in [-0.1, -0.05) is 45.9 Å². The molecule has 0 heterocycles. The lowest BCUT2D eigenvalue weighted by Gasteiger charge is -2.23. The van der Waals surface area contributed by atoms with Crippen molar-refractivity contribution in [1.29, 1.82) is 0 Å². The molecule has 17 heavy (non-hydrogen) atoms. The summed E-state index contributed by atoms with van der Waals surface area (Å²) < 4.78 is 0. The molecular weight excluding hydrogens is 210 g/mol. The minimum atomic E-state index is 0.193. The van der Waals surface area contributed by atoms with Gasteiger partial charge in [0.1, 0.15) is 0 Å². The fraction of sp³-hybridized carbons (Fsp3) is 0.533. The van der Waals surface area contributed by atoms with Gasteiger partial charge in [0.05, 0.1) is 0 Å². The number of hydrogen-bond donors (Lipinski definition) is 0. The maximum Gasteiger partial charge on any atom is 0.226 e. The molecule has 0 aliphatic rings. The molecule has 1 amide bonds. The molecule has 2 heteroatoms. The molecule has 0 aliphatic carbocycles. The van der Waals surface area contributed by atoms with E-state index in [1.165, 1.54) is 5.56 Å². The van der Waals surface area contributed by atoms with Crippen molar-refractivity contribution in [2.45, 2.75) is 47.5 Å². The SMILES string of the molecule is CC.CCC(=O)N(CC)c1ccccc1CC. The fourth-order valence-corrected chi connectivity index (χ4v) is 1.75. The molecule has 0 saturated heterocycles. The Morgan fingerprint density at radius 1 is 1.12 bits per heavy atom. The van der Waals surface area contributed by atoms with Crippen LogP contribution in [0.2, 0.25) is 0 Å². The van der Waals surface area contributed by atoms with Crippen LogP contribution in [0.3, 0.4) is 0 Å². The van der Waals surface area contributed by atoms with E-state index in [2.05, 4.69) is 13.0 Å². The van der Waals surface area contributed by atoms with Gasteiger partial charge in [-0.15, -0.1) is 0 Å². The van der Waals surface area contributed by atoms with Crippen LogP contribution < -0.4 is 4.90 Å². The van der Waals surface area contributed by atoms with Crippen LogP contribution in [0, 0.1) is 0 Å². The highest BCUT2D eigenvalue weighted by Crippen LogP contribution is 2.21. The average Bonchev–Trinajstić information content (AvgIpc) is 2.42. The molecule has 1 aromatic rings. The summed E-state index contributed by atoms with van der Waals surface area (Å²) in [7, 11) is 0. The third-order valence-corrected chi connectivity index (χ3v) is 2.58. The summed E-state index contributed by atoms with van der Waals surface area (Å²) in [5.41, 5.74) is 2.30. The topological polar surface area (TPSA) is 20.3 Å². The second kappa shape index (κ2) is 8.80. The molecule has 0 radical (unpaired) electrons. The number of hydrogen-bond acceptors (Lipinski definition) is 1. The molecule has 1 aromatic carbocycles. The van der Waals surface area contributed by atoms with Crippen LogP contribution in [-0.2, 0) is 11.2 Å². The minimum Gasteiger partial charge on any atom is -0.312 e. The second-order valence-corrected chi connectivity index (χ2v) is 3.47. The maximum atomic E-state index is 11.7. The zero-order valence-electron chi connectivity index (χ0n) is 11.8. The molecule has 0 atom stereocenters. The number of carbonyl (C=O) groups excluding carboxylic acids is 1. The lowest BCUT2D eigenvalue weighted by atomic mass is 10.1. The number of aryl methyl sites for hydroxylation is 1. The molecular formula is C15H25NO. The first-order valence-electron chi connectivity index (χ1n) is 6.62. The van der Waals surface area contributed by atoms with E-state index in [1.807, 2.05) is 50.8 Å². The van der Waals surface area contributed by atoms with Crippen LogP contribution in [0.25, 0.3) is 0 Å². The van der Waals surface area contributed by atoms with E-state index in [0.29, 0.717) is 6.42 Å². The average molecular weight is 235 g/mol. The van der Waals surface area contributed by atoms with Gasteiger partial charge in [0.25, 0.3) is 0 Å². The van der Waals surface area contributed by atoms with Gasteiger partial charge in [0.15, 0.2) is 0 Å². The summed E-state index contributed by atoms with van der Waals surface area (Å²) in [6.45, 7) is 10.8. The lowest BCUT2D eigenvalue weighted by molar-refractivity contribution is -0.118. The van der Waals surface area contributed by atoms with Crippen molar-refractivity contribution in [3.8, 4) is 0 Å². The lowest BCUT2D eigenvalue weighted by Crippen LogP contribution is -2.30. The third-order valence-electron chi connectivity index (χ3n) is 2.58. The highest BCUT2D eigenvalue weighted by Gasteiger charge is 2.13. The van der Waals surface area contributed by atoms with Crippen molar-refractivity contribution in [2.75, 3.05) is 11.4 Å². The van der Waals surface area contributed by atoms with Crippen LogP contribution in [0.4, 0.5) is 5.69 Å². The summed E-state index contributed by atoms with van der Waals surface area (Å²) in [4.78, 5) is 13.6. The summed E-state index contributed by atoms with van der Waals surface area (Å²) >= 11 is 0. The quantitative estimate of drug-likeness (QED) is 0.771. The smallest absolute Gasteiger partial charge is 0.226 e. The Kier molecular flexibility index (Phi) is 8.12. The summed E-state index contributed by atoms with van der Waals surface area (Å²) in [6, 6.07) is 8.11. The molecule has 0 bridgehead atoms. The van der Waals surface area contributed by atoms with Crippen LogP contribution in [-0.4, -0.2) is 12.5 Å². The molecule has 0 fully saturated rings. The van der Waals surface area contributed by atoms with Gasteiger partial charge in [-0.3, -0.25) is 4.79 Å². The molecule has 0 spiro atoms. The van der Waals surface area contributed by atoms with E-state index in [1.54, 1.807) is 0 Å². The highest BCUT2D eigenvalue weighted by molar-refractivity contribution is 5.93. The van der Waals surface area contributed by atoms with Crippen molar-refractivity contribution in [2.24, 2.45) is 0 Å².